The zero-order valence-electron chi connectivity index (χ0n) is 15.1. The summed E-state index contributed by atoms with van der Waals surface area (Å²) < 4.78 is 5.15. The van der Waals surface area contributed by atoms with Crippen LogP contribution >= 0.6 is 23.2 Å². The fourth-order valence-electron chi connectivity index (χ4n) is 3.50. The maximum atomic E-state index is 12.1. The van der Waals surface area contributed by atoms with Gasteiger partial charge in [0.05, 0.1) is 6.04 Å². The van der Waals surface area contributed by atoms with Crippen LogP contribution in [0.15, 0.2) is 45.7 Å². The van der Waals surface area contributed by atoms with Gasteiger partial charge >= 0.3 is 6.09 Å². The number of allylic oxidation sites excluding steroid dienone is 1. The van der Waals surface area contributed by atoms with E-state index < -0.39 is 6.09 Å². The molecule has 0 saturated heterocycles. The van der Waals surface area contributed by atoms with E-state index in [0.717, 1.165) is 53.8 Å². The maximum absolute atomic E-state index is 12.1. The first-order chi connectivity index (χ1) is 13.0. The van der Waals surface area contributed by atoms with Crippen LogP contribution in [0.5, 0.6) is 0 Å². The lowest BCUT2D eigenvalue weighted by Crippen LogP contribution is -2.39. The number of rotatable bonds is 6. The summed E-state index contributed by atoms with van der Waals surface area (Å²) in [7, 11) is 0. The number of hydrogen-bond acceptors (Lipinski definition) is 3. The minimum atomic E-state index is -1.06. The molecule has 1 atom stereocenters. The van der Waals surface area contributed by atoms with Crippen molar-refractivity contribution in [3.63, 3.8) is 0 Å². The molecule has 27 heavy (non-hydrogen) atoms. The van der Waals surface area contributed by atoms with Gasteiger partial charge in [-0.1, -0.05) is 41.0 Å². The molecule has 1 N–H and O–H groups in total. The van der Waals surface area contributed by atoms with Crippen LogP contribution in [-0.2, 0) is 6.42 Å². The first kappa shape index (κ1) is 19.8. The van der Waals surface area contributed by atoms with Crippen molar-refractivity contribution in [3.05, 3.63) is 46.7 Å². The van der Waals surface area contributed by atoms with E-state index in [1.54, 1.807) is 0 Å². The molecule has 2 aromatic rings. The molecule has 7 heteroatoms. The largest absolute Gasteiger partial charge is 0.465 e. The van der Waals surface area contributed by atoms with Gasteiger partial charge < -0.3 is 9.63 Å². The Balaban J connectivity index is 1.96. The van der Waals surface area contributed by atoms with Crippen molar-refractivity contribution in [1.82, 2.24) is 5.16 Å². The summed E-state index contributed by atoms with van der Waals surface area (Å²) >= 11 is 12.2. The Kier molecular flexibility index (Phi) is 6.45. The second-order valence-electron chi connectivity index (χ2n) is 6.65. The number of anilines is 1. The molecule has 1 aromatic heterocycles. The Morgan fingerprint density at radius 3 is 2.63 bits per heavy atom. The highest BCUT2D eigenvalue weighted by Gasteiger charge is 2.31. The van der Waals surface area contributed by atoms with E-state index in [-0.39, 0.29) is 6.04 Å². The number of aromatic nitrogens is 1. The molecule has 1 aromatic carbocycles. The molecule has 144 valence electrons. The second kappa shape index (κ2) is 8.81. The zero-order chi connectivity index (χ0) is 19.4. The average molecular weight is 409 g/mol. The molecule has 0 radical (unpaired) electrons. The summed E-state index contributed by atoms with van der Waals surface area (Å²) in [6.07, 6.45) is 4.75. The van der Waals surface area contributed by atoms with Crippen molar-refractivity contribution in [1.29, 1.82) is 0 Å². The summed E-state index contributed by atoms with van der Waals surface area (Å²) in [6.45, 7) is 1.86. The number of nitrogens with zero attached hydrogens (tertiary/aromatic N) is 2. The third kappa shape index (κ3) is 4.30. The van der Waals surface area contributed by atoms with Gasteiger partial charge in [-0.25, -0.2) is 4.79 Å². The number of alkyl halides is 1. The number of carboxylic acid groups (broad SMARTS) is 1. The van der Waals surface area contributed by atoms with Crippen molar-refractivity contribution in [2.24, 2.45) is 0 Å². The van der Waals surface area contributed by atoms with Crippen molar-refractivity contribution >= 4 is 35.0 Å². The van der Waals surface area contributed by atoms with Crippen LogP contribution in [-0.4, -0.2) is 28.3 Å². The van der Waals surface area contributed by atoms with Gasteiger partial charge in [0.1, 0.15) is 17.6 Å². The molecule has 0 spiro atoms. The summed E-state index contributed by atoms with van der Waals surface area (Å²) in [5, 5.41) is 14.7. The van der Waals surface area contributed by atoms with Crippen LogP contribution < -0.4 is 4.90 Å². The first-order valence-electron chi connectivity index (χ1n) is 9.02. The summed E-state index contributed by atoms with van der Waals surface area (Å²) in [6, 6.07) is 7.35. The molecule has 1 amide bonds. The van der Waals surface area contributed by atoms with E-state index in [1.165, 1.54) is 11.2 Å². The molecule has 1 aliphatic carbocycles. The lowest BCUT2D eigenvalue weighted by molar-refractivity contribution is 0.200. The van der Waals surface area contributed by atoms with E-state index in [2.05, 4.69) is 5.16 Å². The Hall–Kier alpha value is -1.98. The molecule has 5 nitrogen and oxygen atoms in total. The number of amides is 1. The minimum Gasteiger partial charge on any atom is -0.465 e. The van der Waals surface area contributed by atoms with E-state index in [9.17, 15) is 9.90 Å². The van der Waals surface area contributed by atoms with Crippen molar-refractivity contribution in [3.8, 4) is 11.3 Å². The number of halogens is 2. The Labute approximate surface area is 168 Å². The van der Waals surface area contributed by atoms with Gasteiger partial charge in [0.25, 0.3) is 0 Å². The monoisotopic (exact) mass is 408 g/mol. The van der Waals surface area contributed by atoms with E-state index in [4.69, 9.17) is 27.7 Å². The number of benzene rings is 1. The Morgan fingerprint density at radius 1 is 1.30 bits per heavy atom. The first-order valence-corrected chi connectivity index (χ1v) is 9.93. The highest BCUT2D eigenvalue weighted by atomic mass is 35.5. The highest BCUT2D eigenvalue weighted by molar-refractivity contribution is 6.30. The van der Waals surface area contributed by atoms with Gasteiger partial charge in [-0.2, -0.15) is 0 Å². The van der Waals surface area contributed by atoms with Crippen LogP contribution in [0.2, 0.25) is 0 Å². The number of aryl methyl sites for hydroxylation is 1. The Bertz CT molecular complexity index is 830. The standard InChI is InChI=1S/C20H22Cl2N2O3/c1-13(16-4-2-3-5-17(16)22)24(20(25)26)18-12-27-23-19(18)15-8-6-14(7-9-15)10-11-21/h6-9,12-13H,2-5,10-11H2,1H3,(H,25,26). The molecule has 3 rings (SSSR count). The molecule has 0 fully saturated rings. The van der Waals surface area contributed by atoms with E-state index in [1.807, 2.05) is 31.2 Å². The molecule has 1 heterocycles. The molecule has 1 aliphatic rings. The van der Waals surface area contributed by atoms with E-state index in [0.29, 0.717) is 17.3 Å². The summed E-state index contributed by atoms with van der Waals surface area (Å²) in [5.41, 5.74) is 3.78. The van der Waals surface area contributed by atoms with Gasteiger partial charge in [0.15, 0.2) is 0 Å². The second-order valence-corrected chi connectivity index (χ2v) is 7.48. The summed E-state index contributed by atoms with van der Waals surface area (Å²) in [5.74, 6) is 0.550. The van der Waals surface area contributed by atoms with Gasteiger partial charge in [-0.15, -0.1) is 11.6 Å². The van der Waals surface area contributed by atoms with Crippen LogP contribution in [0.1, 0.15) is 38.2 Å². The van der Waals surface area contributed by atoms with Crippen LogP contribution in [0.25, 0.3) is 11.3 Å². The fourth-order valence-corrected chi connectivity index (χ4v) is 4.11. The predicted molar refractivity (Wildman–Crippen MR) is 108 cm³/mol. The molecular formula is C20H22Cl2N2O3. The zero-order valence-corrected chi connectivity index (χ0v) is 16.6. The highest BCUT2D eigenvalue weighted by Crippen LogP contribution is 2.36. The van der Waals surface area contributed by atoms with Crippen LogP contribution in [0, 0.1) is 0 Å². The van der Waals surface area contributed by atoms with Gasteiger partial charge in [0, 0.05) is 16.5 Å². The number of carbonyl (C=O) groups is 1. The molecule has 0 bridgehead atoms. The lowest BCUT2D eigenvalue weighted by Gasteiger charge is -2.30. The van der Waals surface area contributed by atoms with E-state index >= 15 is 0 Å². The topological polar surface area (TPSA) is 66.6 Å². The van der Waals surface area contributed by atoms with Crippen LogP contribution in [0.3, 0.4) is 0 Å². The molecular weight excluding hydrogens is 387 g/mol. The minimum absolute atomic E-state index is 0.385. The molecule has 0 saturated carbocycles. The predicted octanol–water partition coefficient (Wildman–Crippen LogP) is 6.06. The maximum Gasteiger partial charge on any atom is 0.412 e. The van der Waals surface area contributed by atoms with Crippen LogP contribution in [0.4, 0.5) is 10.5 Å². The lowest BCUT2D eigenvalue weighted by atomic mass is 9.93. The van der Waals surface area contributed by atoms with Gasteiger partial charge in [-0.3, -0.25) is 4.90 Å². The average Bonchev–Trinajstić information content (AvgIpc) is 3.12. The smallest absolute Gasteiger partial charge is 0.412 e. The third-order valence-electron chi connectivity index (χ3n) is 4.96. The van der Waals surface area contributed by atoms with Crippen molar-refractivity contribution < 1.29 is 14.4 Å². The molecule has 0 aliphatic heterocycles. The molecule has 1 unspecified atom stereocenters. The van der Waals surface area contributed by atoms with Crippen molar-refractivity contribution in [2.75, 3.05) is 10.8 Å². The van der Waals surface area contributed by atoms with Gasteiger partial charge in [-0.05, 0) is 50.2 Å². The fraction of sp³-hybridized carbons (Fsp3) is 0.400. The third-order valence-corrected chi connectivity index (χ3v) is 5.58. The Morgan fingerprint density at radius 2 is 2.00 bits per heavy atom. The van der Waals surface area contributed by atoms with Gasteiger partial charge in [0.2, 0.25) is 0 Å². The summed E-state index contributed by atoms with van der Waals surface area (Å²) in [4.78, 5) is 13.4. The number of hydrogen-bond donors (Lipinski definition) is 1. The normalized spacial score (nSPS) is 15.7. The quantitative estimate of drug-likeness (QED) is 0.589. The van der Waals surface area contributed by atoms with Crippen molar-refractivity contribution in [2.45, 2.75) is 45.1 Å². The SMILES string of the molecule is CC(C1=C(Cl)CCCC1)N(C(=O)O)c1conc1-c1ccc(CCCl)cc1.